The topological polar surface area (TPSA) is 59.0 Å². The fourth-order valence-electron chi connectivity index (χ4n) is 2.15. The molecule has 1 heterocycles. The predicted molar refractivity (Wildman–Crippen MR) is 92.5 cm³/mol. The third-order valence-electron chi connectivity index (χ3n) is 4.07. The van der Waals surface area contributed by atoms with E-state index in [4.69, 9.17) is 8.92 Å². The normalized spacial score (nSPS) is 24.5. The van der Waals surface area contributed by atoms with E-state index in [0.29, 0.717) is 13.0 Å². The van der Waals surface area contributed by atoms with Crippen molar-refractivity contribution in [2.45, 2.75) is 70.5 Å². The minimum absolute atomic E-state index is 0.0473. The highest BCUT2D eigenvalue weighted by Gasteiger charge is 2.41. The molecule has 1 amide bonds. The molecule has 1 saturated heterocycles. The van der Waals surface area contributed by atoms with Gasteiger partial charge in [-0.15, -0.1) is 10.3 Å². The Balaban J connectivity index is 2.75. The van der Waals surface area contributed by atoms with Gasteiger partial charge < -0.3 is 18.9 Å². The molecular weight excluding hydrogens is 302 g/mol. The van der Waals surface area contributed by atoms with Gasteiger partial charge in [0.1, 0.15) is 5.60 Å². The van der Waals surface area contributed by atoms with Gasteiger partial charge in [-0.05, 0) is 39.7 Å². The Morgan fingerprint density at radius 1 is 1.23 bits per heavy atom. The molecule has 0 unspecified atom stereocenters. The maximum atomic E-state index is 12.3. The zero-order valence-corrected chi connectivity index (χ0v) is 16.1. The number of likely N-dealkylation sites (tertiary alicyclic amines) is 1. The molecule has 1 aliphatic heterocycles. The molecular formula is C16H33NO4S. The van der Waals surface area contributed by atoms with E-state index in [1.165, 1.54) is 0 Å². The Hall–Kier alpha value is -0.460. The van der Waals surface area contributed by atoms with Crippen LogP contribution in [0, 0.1) is 0 Å². The van der Waals surface area contributed by atoms with Crippen LogP contribution in [-0.4, -0.2) is 64.3 Å². The van der Waals surface area contributed by atoms with Crippen LogP contribution in [0.15, 0.2) is 0 Å². The second kappa shape index (κ2) is 6.57. The molecule has 1 fully saturated rings. The molecule has 0 bridgehead atoms. The van der Waals surface area contributed by atoms with Gasteiger partial charge in [-0.3, -0.25) is 0 Å². The average Bonchev–Trinajstić information content (AvgIpc) is 2.67. The Morgan fingerprint density at radius 2 is 1.77 bits per heavy atom. The van der Waals surface area contributed by atoms with Gasteiger partial charge in [0.2, 0.25) is 0 Å². The van der Waals surface area contributed by atoms with Crippen molar-refractivity contribution in [1.82, 2.24) is 4.90 Å². The highest BCUT2D eigenvalue weighted by Crippen LogP contribution is 2.55. The first kappa shape index (κ1) is 19.6. The van der Waals surface area contributed by atoms with E-state index >= 15 is 0 Å². The molecule has 0 aromatic heterocycles. The van der Waals surface area contributed by atoms with Gasteiger partial charge in [0, 0.05) is 4.75 Å². The van der Waals surface area contributed by atoms with Gasteiger partial charge in [-0.2, -0.15) is 0 Å². The van der Waals surface area contributed by atoms with Crippen LogP contribution in [0.1, 0.15) is 48.0 Å². The molecule has 1 aliphatic rings. The molecule has 1 rings (SSSR count). The lowest BCUT2D eigenvalue weighted by atomic mass is 10.2. The summed E-state index contributed by atoms with van der Waals surface area (Å²) in [6.07, 6.45) is 4.53. The van der Waals surface area contributed by atoms with Crippen molar-refractivity contribution in [3.05, 3.63) is 0 Å². The predicted octanol–water partition coefficient (Wildman–Crippen LogP) is 3.15. The molecule has 2 atom stereocenters. The van der Waals surface area contributed by atoms with Crippen molar-refractivity contribution in [3.8, 4) is 0 Å². The summed E-state index contributed by atoms with van der Waals surface area (Å²) >= 11 is 0. The van der Waals surface area contributed by atoms with Crippen molar-refractivity contribution in [2.24, 2.45) is 0 Å². The maximum Gasteiger partial charge on any atom is 0.410 e. The fraction of sp³-hybridized carbons (Fsp3) is 0.938. The zero-order chi connectivity index (χ0) is 17.3. The minimum atomic E-state index is -1.26. The van der Waals surface area contributed by atoms with Crippen LogP contribution < -0.4 is 0 Å². The molecule has 132 valence electrons. The highest BCUT2D eigenvalue weighted by molar-refractivity contribution is 8.29. The van der Waals surface area contributed by atoms with Crippen LogP contribution in [-0.2, 0) is 8.92 Å². The van der Waals surface area contributed by atoms with Crippen molar-refractivity contribution >= 4 is 16.4 Å². The Labute approximate surface area is 136 Å². The monoisotopic (exact) mass is 335 g/mol. The van der Waals surface area contributed by atoms with Crippen LogP contribution in [0.3, 0.4) is 0 Å². The van der Waals surface area contributed by atoms with E-state index in [9.17, 15) is 9.90 Å². The summed E-state index contributed by atoms with van der Waals surface area (Å²) in [5, 5.41) is 9.56. The first-order valence-corrected chi connectivity index (χ1v) is 10.2. The number of ether oxygens (including phenoxy) is 1. The summed E-state index contributed by atoms with van der Waals surface area (Å²) in [6.45, 7) is 12.5. The summed E-state index contributed by atoms with van der Waals surface area (Å²) in [5.74, 6) is 0. The number of nitrogens with zero attached hydrogens (tertiary/aromatic N) is 1. The lowest BCUT2D eigenvalue weighted by Crippen LogP contribution is -2.41. The van der Waals surface area contributed by atoms with E-state index in [2.05, 4.69) is 33.3 Å². The van der Waals surface area contributed by atoms with Gasteiger partial charge in [0.05, 0.1) is 25.3 Å². The summed E-state index contributed by atoms with van der Waals surface area (Å²) in [7, 11) is -1.26. The Bertz CT molecular complexity index is 398. The van der Waals surface area contributed by atoms with Gasteiger partial charge in [-0.25, -0.2) is 4.79 Å². The van der Waals surface area contributed by atoms with Crippen molar-refractivity contribution in [3.63, 3.8) is 0 Å². The minimum Gasteiger partial charge on any atom is -0.444 e. The number of aliphatic hydroxyl groups is 1. The largest absolute Gasteiger partial charge is 0.444 e. The summed E-state index contributed by atoms with van der Waals surface area (Å²) in [6, 6.07) is -0.227. The molecule has 0 aliphatic carbocycles. The molecule has 0 saturated carbocycles. The SMILES string of the molecule is CC(C)(C)OC(=O)N1C[C@H](OS(C)(C)C(C)(C)C)C[C@H]1CO. The van der Waals surface area contributed by atoms with Crippen LogP contribution >= 0.6 is 10.3 Å². The van der Waals surface area contributed by atoms with E-state index in [0.717, 1.165) is 0 Å². The molecule has 1 N–H and O–H groups in total. The molecule has 22 heavy (non-hydrogen) atoms. The van der Waals surface area contributed by atoms with E-state index in [-0.39, 0.29) is 29.6 Å². The number of rotatable bonds is 3. The second-order valence-corrected chi connectivity index (χ2v) is 12.2. The van der Waals surface area contributed by atoms with E-state index < -0.39 is 15.9 Å². The number of carbonyl (C=O) groups excluding carboxylic acids is 1. The third-order valence-corrected chi connectivity index (χ3v) is 7.77. The Kier molecular flexibility index (Phi) is 5.85. The zero-order valence-electron chi connectivity index (χ0n) is 15.3. The Morgan fingerprint density at radius 3 is 2.18 bits per heavy atom. The number of hydrogen-bond acceptors (Lipinski definition) is 4. The van der Waals surface area contributed by atoms with Gasteiger partial charge in [-0.1, -0.05) is 20.8 Å². The first-order valence-electron chi connectivity index (χ1n) is 7.78. The molecule has 0 spiro atoms. The number of aliphatic hydroxyl groups excluding tert-OH is 1. The number of amides is 1. The van der Waals surface area contributed by atoms with Crippen molar-refractivity contribution < 1.29 is 18.8 Å². The van der Waals surface area contributed by atoms with E-state index in [1.807, 2.05) is 20.8 Å². The molecule has 0 radical (unpaired) electrons. The lowest BCUT2D eigenvalue weighted by molar-refractivity contribution is 0.0166. The maximum absolute atomic E-state index is 12.3. The number of carbonyl (C=O) groups is 1. The van der Waals surface area contributed by atoms with Crippen LogP contribution in [0.5, 0.6) is 0 Å². The standard InChI is InChI=1S/C16H33NO4S/c1-15(2,3)20-14(19)17-10-13(9-12(17)11-18)21-22(7,8)16(4,5)6/h12-13,18H,9-11H2,1-8H3/t12-,13+/m0/s1. The summed E-state index contributed by atoms with van der Waals surface area (Å²) in [4.78, 5) is 13.9. The second-order valence-electron chi connectivity index (χ2n) is 8.27. The van der Waals surface area contributed by atoms with Crippen LogP contribution in [0.4, 0.5) is 4.79 Å². The van der Waals surface area contributed by atoms with Crippen molar-refractivity contribution in [2.75, 3.05) is 25.7 Å². The first-order chi connectivity index (χ1) is 9.77. The van der Waals surface area contributed by atoms with Crippen molar-refractivity contribution in [1.29, 1.82) is 0 Å². The quantitative estimate of drug-likeness (QED) is 0.861. The lowest BCUT2D eigenvalue weighted by Gasteiger charge is -2.45. The van der Waals surface area contributed by atoms with Gasteiger partial charge >= 0.3 is 6.09 Å². The molecule has 0 aromatic carbocycles. The fourth-order valence-corrected chi connectivity index (χ4v) is 3.25. The molecule has 5 nitrogen and oxygen atoms in total. The van der Waals surface area contributed by atoms with Gasteiger partial charge in [0.25, 0.3) is 0 Å². The van der Waals surface area contributed by atoms with Gasteiger partial charge in [0.15, 0.2) is 0 Å². The highest BCUT2D eigenvalue weighted by atomic mass is 32.3. The molecule has 6 heteroatoms. The van der Waals surface area contributed by atoms with Crippen LogP contribution in [0.2, 0.25) is 0 Å². The smallest absolute Gasteiger partial charge is 0.410 e. The number of hydrogen-bond donors (Lipinski definition) is 1. The summed E-state index contributed by atoms with van der Waals surface area (Å²) in [5.41, 5.74) is -0.536. The third kappa shape index (κ3) is 5.03. The van der Waals surface area contributed by atoms with E-state index in [1.54, 1.807) is 4.90 Å². The average molecular weight is 336 g/mol. The summed E-state index contributed by atoms with van der Waals surface area (Å²) < 4.78 is 11.8. The van der Waals surface area contributed by atoms with Crippen LogP contribution in [0.25, 0.3) is 0 Å². The molecule has 0 aromatic rings.